The van der Waals surface area contributed by atoms with E-state index in [0.29, 0.717) is 25.1 Å². The second-order valence-electron chi connectivity index (χ2n) is 6.26. The molecule has 1 aromatic carbocycles. The molecular formula is C18H18F3N3O4S2. The van der Waals surface area contributed by atoms with E-state index in [2.05, 4.69) is 10.3 Å². The molecule has 0 aliphatic carbocycles. The summed E-state index contributed by atoms with van der Waals surface area (Å²) in [6.45, 7) is 1.17. The number of alkyl halides is 3. The Morgan fingerprint density at radius 1 is 1.20 bits per heavy atom. The molecule has 1 amide bonds. The van der Waals surface area contributed by atoms with Crippen LogP contribution >= 0.6 is 11.8 Å². The number of aromatic nitrogens is 1. The number of nitrogens with zero attached hydrogens (tertiary/aromatic N) is 2. The first kappa shape index (κ1) is 22.5. The molecule has 162 valence electrons. The summed E-state index contributed by atoms with van der Waals surface area (Å²) in [5.74, 6) is -0.540. The lowest BCUT2D eigenvalue weighted by molar-refractivity contribution is -0.137. The van der Waals surface area contributed by atoms with Gasteiger partial charge in [-0.15, -0.1) is 0 Å². The fraction of sp³-hybridized carbons (Fsp3) is 0.333. The molecule has 1 saturated heterocycles. The summed E-state index contributed by atoms with van der Waals surface area (Å²) >= 11 is 0.969. The number of carbonyl (C=O) groups is 1. The average Bonchev–Trinajstić information content (AvgIpc) is 2.73. The average molecular weight is 461 g/mol. The van der Waals surface area contributed by atoms with E-state index >= 15 is 0 Å². The summed E-state index contributed by atoms with van der Waals surface area (Å²) < 4.78 is 69.5. The maximum Gasteiger partial charge on any atom is 0.417 e. The maximum atomic E-state index is 12.7. The lowest BCUT2D eigenvalue weighted by atomic mass is 10.3. The number of hydrogen-bond donors (Lipinski definition) is 1. The van der Waals surface area contributed by atoms with Crippen LogP contribution < -0.4 is 5.32 Å². The van der Waals surface area contributed by atoms with Crippen LogP contribution in [0.25, 0.3) is 0 Å². The van der Waals surface area contributed by atoms with E-state index in [-0.39, 0.29) is 28.8 Å². The first-order chi connectivity index (χ1) is 14.2. The van der Waals surface area contributed by atoms with Crippen LogP contribution in [0, 0.1) is 0 Å². The molecule has 1 N–H and O–H groups in total. The third-order valence-electron chi connectivity index (χ3n) is 4.14. The maximum absolute atomic E-state index is 12.7. The summed E-state index contributed by atoms with van der Waals surface area (Å²) in [4.78, 5) is 15.9. The molecule has 1 aliphatic rings. The van der Waals surface area contributed by atoms with Crippen LogP contribution in [0.5, 0.6) is 0 Å². The molecule has 1 fully saturated rings. The number of benzene rings is 1. The van der Waals surface area contributed by atoms with Crippen molar-refractivity contribution >= 4 is 33.4 Å². The molecule has 0 bridgehead atoms. The smallest absolute Gasteiger partial charge is 0.379 e. The zero-order chi connectivity index (χ0) is 21.8. The Hall–Kier alpha value is -2.15. The number of amides is 1. The second kappa shape index (κ2) is 9.33. The number of anilines is 1. The standard InChI is InChI=1S/C18H18F3N3O4S2/c19-18(20,21)13-4-5-17(22-11-13)29-12-16(25)23-14-2-1-3-15(10-14)30(26,27)24-6-8-28-9-7-24/h1-5,10-11H,6-9,12H2,(H,23,25). The summed E-state index contributed by atoms with van der Waals surface area (Å²) in [5, 5.41) is 2.85. The predicted molar refractivity (Wildman–Crippen MR) is 105 cm³/mol. The van der Waals surface area contributed by atoms with Gasteiger partial charge in [0.25, 0.3) is 0 Å². The van der Waals surface area contributed by atoms with E-state index in [1.165, 1.54) is 28.6 Å². The zero-order valence-electron chi connectivity index (χ0n) is 15.6. The van der Waals surface area contributed by atoms with Crippen molar-refractivity contribution < 1.29 is 31.1 Å². The van der Waals surface area contributed by atoms with Gasteiger partial charge in [-0.25, -0.2) is 13.4 Å². The minimum Gasteiger partial charge on any atom is -0.379 e. The fourth-order valence-corrected chi connectivity index (χ4v) is 4.74. The minimum absolute atomic E-state index is 0.0549. The third kappa shape index (κ3) is 5.72. The molecular weight excluding hydrogens is 443 g/mol. The molecule has 2 heterocycles. The van der Waals surface area contributed by atoms with E-state index in [1.54, 1.807) is 6.07 Å². The Kier molecular flexibility index (Phi) is 7.01. The van der Waals surface area contributed by atoms with Gasteiger partial charge in [-0.2, -0.15) is 17.5 Å². The zero-order valence-corrected chi connectivity index (χ0v) is 17.2. The number of hydrogen-bond acceptors (Lipinski definition) is 6. The molecule has 7 nitrogen and oxygen atoms in total. The molecule has 2 aromatic rings. The van der Waals surface area contributed by atoms with Crippen LogP contribution in [0.15, 0.2) is 52.5 Å². The first-order valence-electron chi connectivity index (χ1n) is 8.80. The number of halogens is 3. The summed E-state index contributed by atoms with van der Waals surface area (Å²) in [5.41, 5.74) is -0.565. The topological polar surface area (TPSA) is 88.6 Å². The highest BCUT2D eigenvalue weighted by Crippen LogP contribution is 2.29. The van der Waals surface area contributed by atoms with Gasteiger partial charge in [-0.3, -0.25) is 4.79 Å². The van der Waals surface area contributed by atoms with Gasteiger partial charge in [0, 0.05) is 25.0 Å². The van der Waals surface area contributed by atoms with Crippen LogP contribution in [-0.4, -0.2) is 55.7 Å². The number of morpholine rings is 1. The molecule has 0 spiro atoms. The summed E-state index contributed by atoms with van der Waals surface area (Å²) in [6.07, 6.45) is -3.76. The molecule has 0 radical (unpaired) electrons. The number of carbonyl (C=O) groups excluding carboxylic acids is 1. The first-order valence-corrected chi connectivity index (χ1v) is 11.2. The van der Waals surface area contributed by atoms with Gasteiger partial charge in [0.1, 0.15) is 0 Å². The predicted octanol–water partition coefficient (Wildman–Crippen LogP) is 2.85. The number of ether oxygens (including phenoxy) is 1. The van der Waals surface area contributed by atoms with Gasteiger partial charge in [0.15, 0.2) is 0 Å². The number of nitrogens with one attached hydrogen (secondary N) is 1. The normalized spacial score (nSPS) is 15.7. The van der Waals surface area contributed by atoms with Crippen LogP contribution in [-0.2, 0) is 25.7 Å². The van der Waals surface area contributed by atoms with Crippen LogP contribution in [0.1, 0.15) is 5.56 Å². The molecule has 12 heteroatoms. The monoisotopic (exact) mass is 461 g/mol. The molecule has 0 atom stereocenters. The summed E-state index contributed by atoms with van der Waals surface area (Å²) in [7, 11) is -3.70. The SMILES string of the molecule is O=C(CSc1ccc(C(F)(F)F)cn1)Nc1cccc(S(=O)(=O)N2CCOCC2)c1. The van der Waals surface area contributed by atoms with E-state index in [4.69, 9.17) is 4.74 Å². The number of rotatable bonds is 6. The Morgan fingerprint density at radius 3 is 2.57 bits per heavy atom. The van der Waals surface area contributed by atoms with Crippen molar-refractivity contribution in [3.8, 4) is 0 Å². The Labute approximate surface area is 175 Å². The number of sulfonamides is 1. The van der Waals surface area contributed by atoms with Gasteiger partial charge < -0.3 is 10.1 Å². The van der Waals surface area contributed by atoms with E-state index in [0.717, 1.165) is 17.8 Å². The molecule has 3 rings (SSSR count). The van der Waals surface area contributed by atoms with Crippen molar-refractivity contribution in [2.45, 2.75) is 16.1 Å². The van der Waals surface area contributed by atoms with E-state index < -0.39 is 27.7 Å². The van der Waals surface area contributed by atoms with Crippen molar-refractivity contribution in [3.05, 3.63) is 48.2 Å². The molecule has 0 unspecified atom stereocenters. The second-order valence-corrected chi connectivity index (χ2v) is 9.20. The van der Waals surface area contributed by atoms with Crippen molar-refractivity contribution in [1.82, 2.24) is 9.29 Å². The van der Waals surface area contributed by atoms with Gasteiger partial charge in [0.05, 0.1) is 34.5 Å². The highest BCUT2D eigenvalue weighted by molar-refractivity contribution is 7.99. The highest BCUT2D eigenvalue weighted by atomic mass is 32.2. The van der Waals surface area contributed by atoms with Crippen LogP contribution in [0.4, 0.5) is 18.9 Å². The quantitative estimate of drug-likeness (QED) is 0.666. The van der Waals surface area contributed by atoms with Crippen molar-refractivity contribution in [2.24, 2.45) is 0 Å². The lowest BCUT2D eigenvalue weighted by Crippen LogP contribution is -2.40. The Bertz CT molecular complexity index is 992. The van der Waals surface area contributed by atoms with Crippen LogP contribution in [0.3, 0.4) is 0 Å². The van der Waals surface area contributed by atoms with Crippen LogP contribution in [0.2, 0.25) is 0 Å². The Morgan fingerprint density at radius 2 is 1.93 bits per heavy atom. The van der Waals surface area contributed by atoms with Gasteiger partial charge in [-0.05, 0) is 30.3 Å². The molecule has 30 heavy (non-hydrogen) atoms. The Balaban J connectivity index is 1.60. The lowest BCUT2D eigenvalue weighted by Gasteiger charge is -2.26. The summed E-state index contributed by atoms with van der Waals surface area (Å²) in [6, 6.07) is 7.97. The number of thioether (sulfide) groups is 1. The number of pyridine rings is 1. The van der Waals surface area contributed by atoms with E-state index in [9.17, 15) is 26.4 Å². The minimum atomic E-state index is -4.47. The van der Waals surface area contributed by atoms with Crippen molar-refractivity contribution in [3.63, 3.8) is 0 Å². The third-order valence-corrected chi connectivity index (χ3v) is 6.98. The van der Waals surface area contributed by atoms with Gasteiger partial charge in [0.2, 0.25) is 15.9 Å². The fourth-order valence-electron chi connectivity index (χ4n) is 2.64. The largest absolute Gasteiger partial charge is 0.417 e. The van der Waals surface area contributed by atoms with Crippen molar-refractivity contribution in [2.75, 3.05) is 37.4 Å². The van der Waals surface area contributed by atoms with Crippen molar-refractivity contribution in [1.29, 1.82) is 0 Å². The van der Waals surface area contributed by atoms with Gasteiger partial charge >= 0.3 is 6.18 Å². The highest BCUT2D eigenvalue weighted by Gasteiger charge is 2.30. The molecule has 1 aromatic heterocycles. The molecule has 0 saturated carbocycles. The molecule has 1 aliphatic heterocycles. The van der Waals surface area contributed by atoms with Gasteiger partial charge in [-0.1, -0.05) is 17.8 Å². The van der Waals surface area contributed by atoms with E-state index in [1.807, 2.05) is 0 Å².